The Morgan fingerprint density at radius 3 is 3.00 bits per heavy atom. The maximum atomic E-state index is 5.32. The smallest absolute Gasteiger partial charge is 0.170 e. The van der Waals surface area contributed by atoms with Gasteiger partial charge in [0.25, 0.3) is 0 Å². The Bertz CT molecular complexity index is 199. The van der Waals surface area contributed by atoms with Crippen LogP contribution in [0, 0.1) is 6.92 Å². The van der Waals surface area contributed by atoms with E-state index in [1.165, 1.54) is 11.5 Å². The predicted molar refractivity (Wildman–Crippen MR) is 44.4 cm³/mol. The van der Waals surface area contributed by atoms with Crippen molar-refractivity contribution in [2.45, 2.75) is 11.3 Å². The molecular formula is C5H9N3S2. The molecule has 1 aromatic heterocycles. The van der Waals surface area contributed by atoms with E-state index >= 15 is 0 Å². The van der Waals surface area contributed by atoms with Crippen LogP contribution in [-0.4, -0.2) is 21.7 Å². The summed E-state index contributed by atoms with van der Waals surface area (Å²) in [5.41, 5.74) is 5.32. The Labute approximate surface area is 68.2 Å². The van der Waals surface area contributed by atoms with Gasteiger partial charge in [-0.2, -0.15) is 4.37 Å². The highest BCUT2D eigenvalue weighted by Gasteiger charge is 1.98. The Balaban J connectivity index is 2.42. The second-order valence-corrected chi connectivity index (χ2v) is 3.84. The number of aromatic nitrogens is 2. The minimum Gasteiger partial charge on any atom is -0.330 e. The minimum atomic E-state index is 0.698. The number of hydrogen-bond acceptors (Lipinski definition) is 5. The van der Waals surface area contributed by atoms with Gasteiger partial charge in [0.2, 0.25) is 0 Å². The third-order valence-corrected chi connectivity index (χ3v) is 2.81. The lowest BCUT2D eigenvalue weighted by atomic mass is 10.8. The second kappa shape index (κ2) is 3.90. The average Bonchev–Trinajstić information content (AvgIpc) is 2.31. The summed E-state index contributed by atoms with van der Waals surface area (Å²) in [5, 5.41) is 0. The quantitative estimate of drug-likeness (QED) is 0.693. The number of thioether (sulfide) groups is 1. The van der Waals surface area contributed by atoms with Gasteiger partial charge in [0.05, 0.1) is 0 Å². The number of hydrogen-bond donors (Lipinski definition) is 1. The first-order valence-electron chi connectivity index (χ1n) is 2.96. The third kappa shape index (κ3) is 2.24. The molecule has 0 amide bonds. The molecule has 2 N–H and O–H groups in total. The van der Waals surface area contributed by atoms with Crippen molar-refractivity contribution in [3.05, 3.63) is 5.82 Å². The summed E-state index contributed by atoms with van der Waals surface area (Å²) in [4.78, 5) is 4.16. The van der Waals surface area contributed by atoms with E-state index in [-0.39, 0.29) is 0 Å². The van der Waals surface area contributed by atoms with Gasteiger partial charge in [0.1, 0.15) is 5.82 Å². The summed E-state index contributed by atoms with van der Waals surface area (Å²) in [7, 11) is 0. The maximum Gasteiger partial charge on any atom is 0.170 e. The highest BCUT2D eigenvalue weighted by atomic mass is 32.2. The Kier molecular flexibility index (Phi) is 3.11. The maximum absolute atomic E-state index is 5.32. The lowest BCUT2D eigenvalue weighted by Crippen LogP contribution is -2.00. The zero-order valence-corrected chi connectivity index (χ0v) is 7.34. The molecule has 0 radical (unpaired) electrons. The first-order chi connectivity index (χ1) is 4.83. The van der Waals surface area contributed by atoms with Gasteiger partial charge in [0, 0.05) is 12.3 Å². The van der Waals surface area contributed by atoms with Gasteiger partial charge in [-0.1, -0.05) is 11.8 Å². The van der Waals surface area contributed by atoms with E-state index in [4.69, 9.17) is 5.73 Å². The highest BCUT2D eigenvalue weighted by Crippen LogP contribution is 2.18. The fraction of sp³-hybridized carbons (Fsp3) is 0.600. The van der Waals surface area contributed by atoms with Crippen molar-refractivity contribution in [1.29, 1.82) is 0 Å². The lowest BCUT2D eigenvalue weighted by molar-refractivity contribution is 1.09. The normalized spacial score (nSPS) is 10.2. The van der Waals surface area contributed by atoms with Crippen LogP contribution >= 0.6 is 23.3 Å². The van der Waals surface area contributed by atoms with Crippen LogP contribution in [0.1, 0.15) is 5.82 Å². The molecule has 0 saturated heterocycles. The first-order valence-corrected chi connectivity index (χ1v) is 4.72. The van der Waals surface area contributed by atoms with Crippen molar-refractivity contribution >= 4 is 23.3 Å². The van der Waals surface area contributed by atoms with E-state index in [2.05, 4.69) is 9.36 Å². The largest absolute Gasteiger partial charge is 0.330 e. The topological polar surface area (TPSA) is 51.8 Å². The predicted octanol–water partition coefficient (Wildman–Crippen LogP) is 0.897. The monoisotopic (exact) mass is 175 g/mol. The van der Waals surface area contributed by atoms with Crippen LogP contribution in [0.5, 0.6) is 0 Å². The van der Waals surface area contributed by atoms with Gasteiger partial charge < -0.3 is 5.73 Å². The summed E-state index contributed by atoms with van der Waals surface area (Å²) in [6, 6.07) is 0. The van der Waals surface area contributed by atoms with Gasteiger partial charge in [0.15, 0.2) is 4.34 Å². The standard InChI is InChI=1S/C5H9N3S2/c1-4-7-5(10-8-4)9-3-2-6/h2-3,6H2,1H3. The molecule has 5 heteroatoms. The van der Waals surface area contributed by atoms with Gasteiger partial charge in [-0.25, -0.2) is 4.98 Å². The molecule has 0 unspecified atom stereocenters. The van der Waals surface area contributed by atoms with Crippen LogP contribution in [0.25, 0.3) is 0 Å². The van der Waals surface area contributed by atoms with Crippen molar-refractivity contribution in [3.63, 3.8) is 0 Å². The molecule has 0 aliphatic carbocycles. The molecule has 0 aromatic carbocycles. The Morgan fingerprint density at radius 2 is 2.50 bits per heavy atom. The summed E-state index contributed by atoms with van der Waals surface area (Å²) >= 11 is 3.10. The van der Waals surface area contributed by atoms with Crippen molar-refractivity contribution < 1.29 is 0 Å². The van der Waals surface area contributed by atoms with Crippen LogP contribution in [0.15, 0.2) is 4.34 Å². The zero-order chi connectivity index (χ0) is 7.40. The Morgan fingerprint density at radius 1 is 1.70 bits per heavy atom. The average molecular weight is 175 g/mol. The van der Waals surface area contributed by atoms with Gasteiger partial charge in [-0.3, -0.25) is 0 Å². The SMILES string of the molecule is Cc1nsc(SCCN)n1. The first kappa shape index (κ1) is 7.97. The van der Waals surface area contributed by atoms with E-state index in [9.17, 15) is 0 Å². The Hall–Kier alpha value is -0.130. The van der Waals surface area contributed by atoms with Crippen LogP contribution < -0.4 is 5.73 Å². The third-order valence-electron chi connectivity index (χ3n) is 0.852. The summed E-state index contributed by atoms with van der Waals surface area (Å²) < 4.78 is 5.06. The lowest BCUT2D eigenvalue weighted by Gasteiger charge is -1.88. The fourth-order valence-electron chi connectivity index (χ4n) is 0.483. The van der Waals surface area contributed by atoms with E-state index in [1.54, 1.807) is 11.8 Å². The second-order valence-electron chi connectivity index (χ2n) is 1.74. The number of nitrogens with two attached hydrogens (primary N) is 1. The molecule has 0 spiro atoms. The molecule has 56 valence electrons. The molecule has 1 aromatic rings. The van der Waals surface area contributed by atoms with Crippen molar-refractivity contribution in [2.75, 3.05) is 12.3 Å². The molecule has 10 heavy (non-hydrogen) atoms. The van der Waals surface area contributed by atoms with Gasteiger partial charge in [-0.05, 0) is 18.5 Å². The number of nitrogens with zero attached hydrogens (tertiary/aromatic N) is 2. The molecule has 0 aliphatic heterocycles. The van der Waals surface area contributed by atoms with Crippen LogP contribution in [-0.2, 0) is 0 Å². The molecule has 1 rings (SSSR count). The van der Waals surface area contributed by atoms with Gasteiger partial charge in [-0.15, -0.1) is 0 Å². The van der Waals surface area contributed by atoms with Crippen molar-refractivity contribution in [1.82, 2.24) is 9.36 Å². The zero-order valence-electron chi connectivity index (χ0n) is 5.70. The molecule has 0 fully saturated rings. The fourth-order valence-corrected chi connectivity index (χ4v) is 1.97. The molecular weight excluding hydrogens is 166 g/mol. The van der Waals surface area contributed by atoms with Crippen molar-refractivity contribution in [3.8, 4) is 0 Å². The van der Waals surface area contributed by atoms with E-state index in [1.807, 2.05) is 6.92 Å². The summed E-state index contributed by atoms with van der Waals surface area (Å²) in [6.45, 7) is 2.59. The number of rotatable bonds is 3. The number of aryl methyl sites for hydroxylation is 1. The van der Waals surface area contributed by atoms with E-state index in [0.29, 0.717) is 6.54 Å². The van der Waals surface area contributed by atoms with E-state index < -0.39 is 0 Å². The minimum absolute atomic E-state index is 0.698. The van der Waals surface area contributed by atoms with Crippen LogP contribution in [0.2, 0.25) is 0 Å². The molecule has 3 nitrogen and oxygen atoms in total. The van der Waals surface area contributed by atoms with E-state index in [0.717, 1.165) is 15.9 Å². The molecule has 0 bridgehead atoms. The van der Waals surface area contributed by atoms with Crippen LogP contribution in [0.3, 0.4) is 0 Å². The molecule has 0 saturated carbocycles. The summed E-state index contributed by atoms with van der Waals surface area (Å²) in [6.07, 6.45) is 0. The molecule has 1 heterocycles. The highest BCUT2D eigenvalue weighted by molar-refractivity contribution is 8.00. The van der Waals surface area contributed by atoms with Crippen LogP contribution in [0.4, 0.5) is 0 Å². The van der Waals surface area contributed by atoms with Gasteiger partial charge >= 0.3 is 0 Å². The molecule has 0 atom stereocenters. The van der Waals surface area contributed by atoms with Crippen molar-refractivity contribution in [2.24, 2.45) is 5.73 Å². The summed E-state index contributed by atoms with van der Waals surface area (Å²) in [5.74, 6) is 1.78. The molecule has 0 aliphatic rings.